The van der Waals surface area contributed by atoms with Crippen LogP contribution in [0.2, 0.25) is 0 Å². The Kier molecular flexibility index (Phi) is 14.8. The van der Waals surface area contributed by atoms with Gasteiger partial charge in [-0.3, -0.25) is 0 Å². The molecule has 3 aromatic rings. The molecule has 0 heterocycles. The molecule has 3 aromatic carbocycles. The van der Waals surface area contributed by atoms with Gasteiger partial charge in [0.1, 0.15) is 11.5 Å². The number of ether oxygens (including phenoxy) is 2. The summed E-state index contributed by atoms with van der Waals surface area (Å²) < 4.78 is 11.6. The Morgan fingerprint density at radius 3 is 1.81 bits per heavy atom. The first-order chi connectivity index (χ1) is 20.9. The average molecular weight is 587 g/mol. The Balaban J connectivity index is 1.53. The number of benzene rings is 3. The minimum absolute atomic E-state index is 0.269. The summed E-state index contributed by atoms with van der Waals surface area (Å²) in [6.45, 7) is 7.28. The molecule has 0 atom stereocenters. The first-order valence-corrected chi connectivity index (χ1v) is 16.4. The zero-order valence-corrected chi connectivity index (χ0v) is 26.4. The first-order valence-electron chi connectivity index (χ1n) is 16.4. The molecule has 3 rings (SSSR count). The summed E-state index contributed by atoms with van der Waals surface area (Å²) in [5.41, 5.74) is 3.46. The minimum atomic E-state index is -0.960. The summed E-state index contributed by atoms with van der Waals surface area (Å²) in [7, 11) is 0. The molecule has 0 aliphatic carbocycles. The predicted octanol–water partition coefficient (Wildman–Crippen LogP) is 10.5. The fourth-order valence-corrected chi connectivity index (χ4v) is 5.62. The summed E-state index contributed by atoms with van der Waals surface area (Å²) in [5, 5.41) is 9.70. The van der Waals surface area contributed by atoms with Crippen LogP contribution in [0.1, 0.15) is 124 Å². The number of hydrogen-bond acceptors (Lipinski definition) is 4. The van der Waals surface area contributed by atoms with Crippen molar-refractivity contribution in [2.24, 2.45) is 5.92 Å². The van der Waals surface area contributed by atoms with Crippen molar-refractivity contribution >= 4 is 11.9 Å². The van der Waals surface area contributed by atoms with Gasteiger partial charge >= 0.3 is 11.9 Å². The highest BCUT2D eigenvalue weighted by molar-refractivity contribution is 5.92. The number of carbonyl (C=O) groups is 2. The minimum Gasteiger partial charge on any atom is -0.494 e. The number of rotatable bonds is 20. The van der Waals surface area contributed by atoms with Gasteiger partial charge in [0, 0.05) is 0 Å². The van der Waals surface area contributed by atoms with E-state index in [-0.39, 0.29) is 5.56 Å². The zero-order valence-electron chi connectivity index (χ0n) is 26.4. The molecule has 0 amide bonds. The molecular weight excluding hydrogens is 536 g/mol. The maximum Gasteiger partial charge on any atom is 0.343 e. The van der Waals surface area contributed by atoms with E-state index in [0.717, 1.165) is 55.6 Å². The standard InChI is InChI=1S/C38H50O5/c1-4-7-8-9-10-11-12-13-26-42-34-22-20-31(21-23-34)30-16-18-32(19-17-30)38(41)43-35-24-25-36(37(39)40)33(28-35)27-29(14-5-2)15-6-3/h16-25,28-29H,4-15,26-27H2,1-3H3,(H,39,40). The molecule has 0 aliphatic heterocycles. The topological polar surface area (TPSA) is 72.8 Å². The van der Waals surface area contributed by atoms with Crippen LogP contribution in [-0.4, -0.2) is 23.7 Å². The van der Waals surface area contributed by atoms with E-state index in [1.807, 2.05) is 36.4 Å². The number of unbranched alkanes of at least 4 members (excludes halogenated alkanes) is 7. The van der Waals surface area contributed by atoms with Gasteiger partial charge in [-0.1, -0.05) is 116 Å². The van der Waals surface area contributed by atoms with Crippen LogP contribution in [0.25, 0.3) is 11.1 Å². The van der Waals surface area contributed by atoms with Crippen LogP contribution in [0.4, 0.5) is 0 Å². The maximum absolute atomic E-state index is 12.9. The van der Waals surface area contributed by atoms with Gasteiger partial charge in [0.2, 0.25) is 0 Å². The highest BCUT2D eigenvalue weighted by atomic mass is 16.5. The van der Waals surface area contributed by atoms with Crippen molar-refractivity contribution in [3.05, 3.63) is 83.4 Å². The van der Waals surface area contributed by atoms with E-state index in [1.165, 1.54) is 44.9 Å². The highest BCUT2D eigenvalue weighted by Gasteiger charge is 2.17. The van der Waals surface area contributed by atoms with Gasteiger partial charge in [0.05, 0.1) is 17.7 Å². The second-order valence-electron chi connectivity index (χ2n) is 11.6. The van der Waals surface area contributed by atoms with Crippen molar-refractivity contribution in [1.82, 2.24) is 0 Å². The molecule has 0 saturated heterocycles. The van der Waals surface area contributed by atoms with Crippen LogP contribution in [0.3, 0.4) is 0 Å². The fourth-order valence-electron chi connectivity index (χ4n) is 5.62. The molecule has 0 spiro atoms. The lowest BCUT2D eigenvalue weighted by atomic mass is 9.89. The molecule has 0 aromatic heterocycles. The Morgan fingerprint density at radius 1 is 0.674 bits per heavy atom. The molecule has 5 heteroatoms. The van der Waals surface area contributed by atoms with E-state index in [4.69, 9.17) is 9.47 Å². The Hall–Kier alpha value is -3.60. The largest absolute Gasteiger partial charge is 0.494 e. The second kappa shape index (κ2) is 18.8. The van der Waals surface area contributed by atoms with Gasteiger partial charge in [-0.2, -0.15) is 0 Å². The number of aromatic carboxylic acids is 1. The van der Waals surface area contributed by atoms with Crippen LogP contribution in [0.5, 0.6) is 11.5 Å². The molecule has 0 saturated carbocycles. The van der Waals surface area contributed by atoms with Gasteiger partial charge in [-0.15, -0.1) is 0 Å². The van der Waals surface area contributed by atoms with E-state index >= 15 is 0 Å². The molecule has 0 radical (unpaired) electrons. The molecule has 232 valence electrons. The van der Waals surface area contributed by atoms with Crippen molar-refractivity contribution in [3.8, 4) is 22.6 Å². The second-order valence-corrected chi connectivity index (χ2v) is 11.6. The SMILES string of the molecule is CCCCCCCCCCOc1ccc(-c2ccc(C(=O)Oc3ccc(C(=O)O)c(CC(CCC)CCC)c3)cc2)cc1. The average Bonchev–Trinajstić information content (AvgIpc) is 3.01. The molecular formula is C38H50O5. The highest BCUT2D eigenvalue weighted by Crippen LogP contribution is 2.27. The van der Waals surface area contributed by atoms with Crippen LogP contribution in [0.15, 0.2) is 66.7 Å². The Morgan fingerprint density at radius 2 is 1.23 bits per heavy atom. The smallest absolute Gasteiger partial charge is 0.343 e. The van der Waals surface area contributed by atoms with E-state index in [0.29, 0.717) is 29.2 Å². The van der Waals surface area contributed by atoms with Crippen LogP contribution in [0, 0.1) is 5.92 Å². The monoisotopic (exact) mass is 586 g/mol. The summed E-state index contributed by atoms with van der Waals surface area (Å²) >= 11 is 0. The predicted molar refractivity (Wildman–Crippen MR) is 175 cm³/mol. The summed E-state index contributed by atoms with van der Waals surface area (Å²) in [6, 6.07) is 20.2. The third-order valence-electron chi connectivity index (χ3n) is 7.99. The molecule has 0 aliphatic rings. The Bertz CT molecular complexity index is 1240. The summed E-state index contributed by atoms with van der Waals surface area (Å²) in [5.74, 6) is 0.212. The van der Waals surface area contributed by atoms with Gasteiger partial charge in [0.15, 0.2) is 0 Å². The molecule has 1 N–H and O–H groups in total. The number of carboxylic acid groups (broad SMARTS) is 1. The zero-order chi connectivity index (χ0) is 30.9. The normalized spacial score (nSPS) is 11.1. The molecule has 0 unspecified atom stereocenters. The maximum atomic E-state index is 12.9. The van der Waals surface area contributed by atoms with Crippen molar-refractivity contribution in [3.63, 3.8) is 0 Å². The van der Waals surface area contributed by atoms with Gasteiger partial charge in [-0.05, 0) is 77.9 Å². The van der Waals surface area contributed by atoms with E-state index < -0.39 is 11.9 Å². The number of esters is 1. The summed E-state index contributed by atoms with van der Waals surface area (Å²) in [6.07, 6.45) is 15.1. The quantitative estimate of drug-likeness (QED) is 0.0810. The lowest BCUT2D eigenvalue weighted by Gasteiger charge is -2.17. The van der Waals surface area contributed by atoms with Crippen LogP contribution >= 0.6 is 0 Å². The summed E-state index contributed by atoms with van der Waals surface area (Å²) in [4.78, 5) is 24.8. The number of carboxylic acids is 1. The molecule has 43 heavy (non-hydrogen) atoms. The van der Waals surface area contributed by atoms with Gasteiger partial charge in [-0.25, -0.2) is 9.59 Å². The van der Waals surface area contributed by atoms with Crippen LogP contribution in [-0.2, 0) is 6.42 Å². The van der Waals surface area contributed by atoms with Crippen molar-refractivity contribution in [2.75, 3.05) is 6.61 Å². The van der Waals surface area contributed by atoms with Crippen molar-refractivity contribution in [2.45, 2.75) is 104 Å². The lowest BCUT2D eigenvalue weighted by Crippen LogP contribution is -2.12. The van der Waals surface area contributed by atoms with Gasteiger partial charge < -0.3 is 14.6 Å². The Labute approximate surface area is 258 Å². The lowest BCUT2D eigenvalue weighted by molar-refractivity contribution is 0.0695. The fraction of sp³-hybridized carbons (Fsp3) is 0.474. The van der Waals surface area contributed by atoms with Crippen LogP contribution < -0.4 is 9.47 Å². The molecule has 5 nitrogen and oxygen atoms in total. The van der Waals surface area contributed by atoms with Crippen molar-refractivity contribution < 1.29 is 24.2 Å². The van der Waals surface area contributed by atoms with E-state index in [1.54, 1.807) is 30.3 Å². The number of carbonyl (C=O) groups excluding carboxylic acids is 1. The molecule has 0 bridgehead atoms. The number of hydrogen-bond donors (Lipinski definition) is 1. The third-order valence-corrected chi connectivity index (χ3v) is 7.99. The first kappa shape index (κ1) is 33.9. The van der Waals surface area contributed by atoms with Crippen molar-refractivity contribution in [1.29, 1.82) is 0 Å². The molecule has 0 fully saturated rings. The van der Waals surface area contributed by atoms with Gasteiger partial charge in [0.25, 0.3) is 0 Å². The third kappa shape index (κ3) is 11.5. The van der Waals surface area contributed by atoms with E-state index in [9.17, 15) is 14.7 Å². The van der Waals surface area contributed by atoms with E-state index in [2.05, 4.69) is 20.8 Å².